The number of carbonyl (C=O) groups excluding carboxylic acids is 1. The minimum Gasteiger partial charge on any atom is -0.495 e. The molecule has 0 spiro atoms. The van der Waals surface area contributed by atoms with Gasteiger partial charge < -0.3 is 14.8 Å². The fourth-order valence-electron chi connectivity index (χ4n) is 2.86. The summed E-state index contributed by atoms with van der Waals surface area (Å²) >= 11 is 6.20. The summed E-state index contributed by atoms with van der Waals surface area (Å²) < 4.78 is 10.8. The lowest BCUT2D eigenvalue weighted by molar-refractivity contribution is 0.0975. The molecule has 0 aliphatic carbocycles. The van der Waals surface area contributed by atoms with Crippen molar-refractivity contribution in [3.8, 4) is 5.75 Å². The van der Waals surface area contributed by atoms with E-state index in [1.165, 1.54) is 0 Å². The number of hydrogen-bond donors (Lipinski definition) is 2. The molecule has 0 bridgehead atoms. The largest absolute Gasteiger partial charge is 0.495 e. The van der Waals surface area contributed by atoms with E-state index < -0.39 is 0 Å². The van der Waals surface area contributed by atoms with Crippen LogP contribution in [0, 0.1) is 6.92 Å². The number of carbonyl (C=O) groups is 1. The van der Waals surface area contributed by atoms with Crippen molar-refractivity contribution in [2.45, 2.75) is 25.9 Å². The summed E-state index contributed by atoms with van der Waals surface area (Å²) in [7, 11) is 1.56. The molecule has 3 rings (SSSR count). The number of methoxy groups -OCH3 is 1. The van der Waals surface area contributed by atoms with Gasteiger partial charge in [0, 0.05) is 17.9 Å². The molecule has 0 radical (unpaired) electrons. The molecule has 148 valence electrons. The van der Waals surface area contributed by atoms with Crippen molar-refractivity contribution in [2.75, 3.05) is 25.6 Å². The molecule has 1 atom stereocenters. The molecular weight excluding hydrogens is 378 g/mol. The van der Waals surface area contributed by atoms with E-state index in [9.17, 15) is 4.79 Å². The van der Waals surface area contributed by atoms with Crippen LogP contribution in [0.25, 0.3) is 0 Å². The summed E-state index contributed by atoms with van der Waals surface area (Å²) in [6.45, 7) is 3.21. The Labute approximate surface area is 169 Å². The summed E-state index contributed by atoms with van der Waals surface area (Å²) in [6.07, 6.45) is 2.08. The van der Waals surface area contributed by atoms with Gasteiger partial charge in [0.05, 0.1) is 24.8 Å². The number of guanidine groups is 1. The van der Waals surface area contributed by atoms with Crippen molar-refractivity contribution in [2.24, 2.45) is 4.99 Å². The zero-order valence-electron chi connectivity index (χ0n) is 16.0. The second kappa shape index (κ2) is 9.57. The first-order valence-electron chi connectivity index (χ1n) is 9.20. The average Bonchev–Trinajstić information content (AvgIpc) is 3.20. The van der Waals surface area contributed by atoms with Crippen molar-refractivity contribution < 1.29 is 14.3 Å². The predicted octanol–water partition coefficient (Wildman–Crippen LogP) is 4.03. The molecule has 1 aliphatic rings. The Hall–Kier alpha value is -2.57. The molecule has 1 heterocycles. The van der Waals surface area contributed by atoms with E-state index in [1.54, 1.807) is 31.4 Å². The maximum Gasteiger partial charge on any atom is 0.257 e. The highest BCUT2D eigenvalue weighted by molar-refractivity contribution is 6.32. The van der Waals surface area contributed by atoms with E-state index in [0.29, 0.717) is 34.5 Å². The van der Waals surface area contributed by atoms with Crippen molar-refractivity contribution in [1.29, 1.82) is 0 Å². The molecule has 2 aromatic rings. The lowest BCUT2D eigenvalue weighted by atomic mass is 10.1. The van der Waals surface area contributed by atoms with E-state index in [-0.39, 0.29) is 12.0 Å². The highest BCUT2D eigenvalue weighted by atomic mass is 35.5. The van der Waals surface area contributed by atoms with Crippen LogP contribution in [-0.2, 0) is 4.74 Å². The van der Waals surface area contributed by atoms with Gasteiger partial charge in [-0.05, 0) is 50.1 Å². The highest BCUT2D eigenvalue weighted by Gasteiger charge is 2.16. The summed E-state index contributed by atoms with van der Waals surface area (Å²) in [6, 6.07) is 12.7. The maximum absolute atomic E-state index is 12.6. The first-order valence-corrected chi connectivity index (χ1v) is 9.57. The first kappa shape index (κ1) is 20.2. The van der Waals surface area contributed by atoms with Gasteiger partial charge in [0.2, 0.25) is 5.96 Å². The molecule has 0 aromatic heterocycles. The van der Waals surface area contributed by atoms with E-state index >= 15 is 0 Å². The monoisotopic (exact) mass is 401 g/mol. The molecule has 0 unspecified atom stereocenters. The third-order valence-corrected chi connectivity index (χ3v) is 4.73. The Bertz CT molecular complexity index is 846. The van der Waals surface area contributed by atoms with Crippen molar-refractivity contribution in [1.82, 2.24) is 5.32 Å². The van der Waals surface area contributed by atoms with E-state index in [4.69, 9.17) is 21.1 Å². The van der Waals surface area contributed by atoms with Crippen molar-refractivity contribution >= 4 is 29.2 Å². The number of rotatable bonds is 5. The van der Waals surface area contributed by atoms with Gasteiger partial charge in [0.25, 0.3) is 5.91 Å². The number of halogens is 1. The van der Waals surface area contributed by atoms with Crippen LogP contribution < -0.4 is 15.4 Å². The minimum absolute atomic E-state index is 0.0764. The quantitative estimate of drug-likeness (QED) is 0.586. The maximum atomic E-state index is 12.6. The Morgan fingerprint density at radius 3 is 2.71 bits per heavy atom. The molecule has 2 aromatic carbocycles. The molecule has 0 saturated carbocycles. The molecule has 1 amide bonds. The van der Waals surface area contributed by atoms with Gasteiger partial charge >= 0.3 is 0 Å². The number of benzene rings is 2. The second-order valence-electron chi connectivity index (χ2n) is 6.62. The van der Waals surface area contributed by atoms with E-state index in [0.717, 1.165) is 25.0 Å². The van der Waals surface area contributed by atoms with Crippen LogP contribution in [0.2, 0.25) is 5.02 Å². The third kappa shape index (κ3) is 5.47. The first-order chi connectivity index (χ1) is 13.5. The van der Waals surface area contributed by atoms with E-state index in [2.05, 4.69) is 15.6 Å². The van der Waals surface area contributed by atoms with Gasteiger partial charge in [-0.25, -0.2) is 4.99 Å². The molecular formula is C21H24ClN3O3. The smallest absolute Gasteiger partial charge is 0.257 e. The lowest BCUT2D eigenvalue weighted by Gasteiger charge is -2.14. The normalized spacial score (nSPS) is 16.7. The van der Waals surface area contributed by atoms with Crippen LogP contribution in [0.1, 0.15) is 28.8 Å². The second-order valence-corrected chi connectivity index (χ2v) is 7.03. The Balaban J connectivity index is 1.75. The van der Waals surface area contributed by atoms with Gasteiger partial charge in [-0.3, -0.25) is 10.1 Å². The van der Waals surface area contributed by atoms with Gasteiger partial charge in [0.15, 0.2) is 0 Å². The van der Waals surface area contributed by atoms with Crippen molar-refractivity contribution in [3.05, 3.63) is 58.6 Å². The highest BCUT2D eigenvalue weighted by Crippen LogP contribution is 2.27. The third-order valence-electron chi connectivity index (χ3n) is 4.44. The predicted molar refractivity (Wildman–Crippen MR) is 112 cm³/mol. The standard InChI is InChI=1S/C21H24ClN3O3/c1-14-5-7-15(8-6-14)20(26)25-21(23-13-17-4-3-11-28-17)24-16-9-10-19(27-2)18(22)12-16/h5-10,12,17H,3-4,11,13H2,1-2H3,(H2,23,24,25,26)/t17-/m0/s1. The van der Waals surface area contributed by atoms with Crippen LogP contribution in [0.3, 0.4) is 0 Å². The summed E-state index contributed by atoms with van der Waals surface area (Å²) in [5.74, 6) is 0.689. The van der Waals surface area contributed by atoms with Crippen LogP contribution in [0.4, 0.5) is 5.69 Å². The number of ether oxygens (including phenoxy) is 2. The van der Waals surface area contributed by atoms with Crippen molar-refractivity contribution in [3.63, 3.8) is 0 Å². The Kier molecular flexibility index (Phi) is 6.90. The van der Waals surface area contributed by atoms with Gasteiger partial charge in [-0.2, -0.15) is 0 Å². The number of hydrogen-bond acceptors (Lipinski definition) is 4. The van der Waals surface area contributed by atoms with Gasteiger partial charge in [-0.15, -0.1) is 0 Å². The minimum atomic E-state index is -0.238. The van der Waals surface area contributed by atoms with Crippen LogP contribution in [0.5, 0.6) is 5.75 Å². The van der Waals surface area contributed by atoms with Crippen LogP contribution in [-0.4, -0.2) is 38.2 Å². The van der Waals surface area contributed by atoms with E-state index in [1.807, 2.05) is 25.1 Å². The molecule has 1 aliphatic heterocycles. The van der Waals surface area contributed by atoms with Crippen LogP contribution in [0.15, 0.2) is 47.5 Å². The zero-order chi connectivity index (χ0) is 19.9. The van der Waals surface area contributed by atoms with Gasteiger partial charge in [-0.1, -0.05) is 29.3 Å². The summed E-state index contributed by atoms with van der Waals surface area (Å²) in [4.78, 5) is 17.1. The number of anilines is 1. The van der Waals surface area contributed by atoms with Crippen LogP contribution >= 0.6 is 11.6 Å². The molecule has 2 N–H and O–H groups in total. The molecule has 6 nitrogen and oxygen atoms in total. The molecule has 1 fully saturated rings. The fourth-order valence-corrected chi connectivity index (χ4v) is 3.11. The fraction of sp³-hybridized carbons (Fsp3) is 0.333. The number of amides is 1. The number of nitrogens with one attached hydrogen (secondary N) is 2. The van der Waals surface area contributed by atoms with Gasteiger partial charge in [0.1, 0.15) is 5.75 Å². The molecule has 1 saturated heterocycles. The lowest BCUT2D eigenvalue weighted by Crippen LogP contribution is -2.36. The summed E-state index contributed by atoms with van der Waals surface area (Å²) in [5.41, 5.74) is 2.35. The summed E-state index contributed by atoms with van der Waals surface area (Å²) in [5, 5.41) is 6.44. The average molecular weight is 402 g/mol. The number of aryl methyl sites for hydroxylation is 1. The Morgan fingerprint density at radius 1 is 1.29 bits per heavy atom. The topological polar surface area (TPSA) is 71.9 Å². The number of aliphatic imine (C=N–C) groups is 1. The molecule has 7 heteroatoms. The SMILES string of the molecule is COc1ccc(NC(=NC[C@@H]2CCCO2)NC(=O)c2ccc(C)cc2)cc1Cl. The Morgan fingerprint density at radius 2 is 2.07 bits per heavy atom. The molecule has 28 heavy (non-hydrogen) atoms. The zero-order valence-corrected chi connectivity index (χ0v) is 16.8. The number of nitrogens with zero attached hydrogens (tertiary/aromatic N) is 1.